The number of aromatic amines is 2. The summed E-state index contributed by atoms with van der Waals surface area (Å²) in [6.45, 7) is 13.1. The van der Waals surface area contributed by atoms with E-state index in [4.69, 9.17) is 4.98 Å². The second-order valence-corrected chi connectivity index (χ2v) is 10.3. The zero-order valence-corrected chi connectivity index (χ0v) is 23.5. The van der Waals surface area contributed by atoms with Gasteiger partial charge < -0.3 is 10.3 Å². The van der Waals surface area contributed by atoms with Gasteiger partial charge in [-0.3, -0.25) is 10.1 Å². The van der Waals surface area contributed by atoms with Crippen molar-refractivity contribution in [1.29, 1.82) is 0 Å². The minimum absolute atomic E-state index is 0.337. The lowest BCUT2D eigenvalue weighted by molar-refractivity contribution is 0.502. The number of hydrogen-bond acceptors (Lipinski definition) is 6. The number of halogens is 1. The second-order valence-electron chi connectivity index (χ2n) is 10.3. The van der Waals surface area contributed by atoms with Crippen LogP contribution in [0.15, 0.2) is 70.3 Å². The summed E-state index contributed by atoms with van der Waals surface area (Å²) >= 11 is 0. The maximum Gasteiger partial charge on any atom is 0.178 e. The fourth-order valence-electron chi connectivity index (χ4n) is 5.40. The van der Waals surface area contributed by atoms with Crippen molar-refractivity contribution < 1.29 is 4.39 Å². The van der Waals surface area contributed by atoms with Gasteiger partial charge in [-0.15, -0.1) is 0 Å². The highest BCUT2D eigenvalue weighted by Gasteiger charge is 2.21. The van der Waals surface area contributed by atoms with Gasteiger partial charge in [0.05, 0.1) is 16.9 Å². The first-order chi connectivity index (χ1) is 20.0. The predicted octanol–water partition coefficient (Wildman–Crippen LogP) is 7.04. The summed E-state index contributed by atoms with van der Waals surface area (Å²) in [4.78, 5) is 21.0. The van der Waals surface area contributed by atoms with Gasteiger partial charge in [0.2, 0.25) is 0 Å². The van der Waals surface area contributed by atoms with Crippen LogP contribution >= 0.6 is 0 Å². The number of rotatable bonds is 11. The van der Waals surface area contributed by atoms with Crippen LogP contribution in [0, 0.1) is 11.7 Å². The second kappa shape index (κ2) is 12.8. The van der Waals surface area contributed by atoms with Gasteiger partial charge in [0.1, 0.15) is 11.3 Å². The Bertz CT molecular complexity index is 1650. The van der Waals surface area contributed by atoms with Gasteiger partial charge >= 0.3 is 0 Å². The third-order valence-electron chi connectivity index (χ3n) is 7.43. The molecule has 1 fully saturated rings. The van der Waals surface area contributed by atoms with Crippen LogP contribution in [0.4, 0.5) is 10.2 Å². The molecule has 0 amide bonds. The molecule has 0 radical (unpaired) electrons. The van der Waals surface area contributed by atoms with Gasteiger partial charge in [0.15, 0.2) is 17.3 Å². The van der Waals surface area contributed by atoms with Gasteiger partial charge in [-0.25, -0.2) is 19.4 Å². The fourth-order valence-corrected chi connectivity index (χ4v) is 5.40. The molecule has 0 saturated heterocycles. The van der Waals surface area contributed by atoms with Crippen molar-refractivity contribution in [2.24, 2.45) is 15.9 Å². The number of imidazole rings is 1. The minimum atomic E-state index is -0.337. The molecule has 8 nitrogen and oxygen atoms in total. The molecule has 0 bridgehead atoms. The molecule has 4 aromatic rings. The Morgan fingerprint density at radius 1 is 1.15 bits per heavy atom. The molecule has 0 unspecified atom stereocenters. The maximum atomic E-state index is 14.7. The Hall–Kier alpha value is -4.50. The monoisotopic (exact) mass is 550 g/mol. The average molecular weight is 551 g/mol. The van der Waals surface area contributed by atoms with Crippen molar-refractivity contribution in [2.45, 2.75) is 39.5 Å². The van der Waals surface area contributed by atoms with Crippen molar-refractivity contribution in [3.05, 3.63) is 83.1 Å². The summed E-state index contributed by atoms with van der Waals surface area (Å²) in [5.41, 5.74) is 6.27. The van der Waals surface area contributed by atoms with Crippen molar-refractivity contribution >= 4 is 41.4 Å². The van der Waals surface area contributed by atoms with E-state index in [1.165, 1.54) is 37.3 Å². The number of nitrogens with one attached hydrogen (secondary N) is 3. The highest BCUT2D eigenvalue weighted by molar-refractivity contribution is 5.91. The summed E-state index contributed by atoms with van der Waals surface area (Å²) in [6, 6.07) is 10.5. The SMILES string of the molecule is C=N/C=C(\C=C(/C)CNCC1CCCC1)c1ccc2[nH]nc(-c3nc(N=C)c(/C(=C\C)c4ccccc4F)[nH]3)c2n1. The van der Waals surface area contributed by atoms with Crippen LogP contribution in [0.2, 0.25) is 0 Å². The number of fused-ring (bicyclic) bond motifs is 1. The van der Waals surface area contributed by atoms with Gasteiger partial charge in [0.25, 0.3) is 0 Å². The van der Waals surface area contributed by atoms with E-state index >= 15 is 0 Å². The molecule has 0 spiro atoms. The molecule has 3 aromatic heterocycles. The predicted molar refractivity (Wildman–Crippen MR) is 166 cm³/mol. The number of hydrogen-bond donors (Lipinski definition) is 3. The molecule has 3 N–H and O–H groups in total. The van der Waals surface area contributed by atoms with Crippen LogP contribution < -0.4 is 5.32 Å². The van der Waals surface area contributed by atoms with Crippen molar-refractivity contribution in [1.82, 2.24) is 30.5 Å². The highest BCUT2D eigenvalue weighted by Crippen LogP contribution is 2.34. The molecule has 9 heteroatoms. The Kier molecular flexibility index (Phi) is 8.74. The van der Waals surface area contributed by atoms with Gasteiger partial charge in [-0.2, -0.15) is 5.10 Å². The molecule has 1 aliphatic carbocycles. The zero-order chi connectivity index (χ0) is 28.8. The van der Waals surface area contributed by atoms with E-state index in [9.17, 15) is 4.39 Å². The molecule has 3 heterocycles. The van der Waals surface area contributed by atoms with E-state index in [1.807, 2.05) is 25.1 Å². The standard InChI is InChI=1S/C32H35FN8/c1-5-23(24-12-8-9-13-25(24)33)28-31(35-4)39-32(38-28)30-29-27(40-41-30)15-14-26(37-29)22(19-34-3)16-20(2)17-36-18-21-10-6-7-11-21/h5,8-9,12-16,19,21,36H,3-4,6-7,10-11,17-18H2,1-2H3,(H,38,39)(H,40,41)/b20-16+,22-19+,23-5-. The smallest absolute Gasteiger partial charge is 0.178 e. The average Bonchev–Trinajstić information content (AvgIpc) is 3.74. The Balaban J connectivity index is 1.46. The lowest BCUT2D eigenvalue weighted by Gasteiger charge is -2.11. The van der Waals surface area contributed by atoms with Crippen molar-refractivity contribution in [3.8, 4) is 11.5 Å². The lowest BCUT2D eigenvalue weighted by atomic mass is 10.0. The third kappa shape index (κ3) is 6.15. The fraction of sp³-hybridized carbons (Fsp3) is 0.281. The quantitative estimate of drug-likeness (QED) is 0.138. The summed E-state index contributed by atoms with van der Waals surface area (Å²) in [6.07, 6.45) is 10.9. The van der Waals surface area contributed by atoms with Gasteiger partial charge in [-0.05, 0) is 70.8 Å². The van der Waals surface area contributed by atoms with Crippen LogP contribution in [0.1, 0.15) is 56.5 Å². The summed E-state index contributed by atoms with van der Waals surface area (Å²) in [7, 11) is 0. The summed E-state index contributed by atoms with van der Waals surface area (Å²) < 4.78 is 14.7. The van der Waals surface area contributed by atoms with Crippen LogP contribution in [0.5, 0.6) is 0 Å². The lowest BCUT2D eigenvalue weighted by Crippen LogP contribution is -2.22. The number of pyridine rings is 1. The topological polar surface area (TPSA) is 107 Å². The minimum Gasteiger partial charge on any atom is -0.335 e. The Labute approximate surface area is 239 Å². The first-order valence-electron chi connectivity index (χ1n) is 13.9. The van der Waals surface area contributed by atoms with Crippen LogP contribution in [0.3, 0.4) is 0 Å². The molecule has 5 rings (SSSR count). The van der Waals surface area contributed by atoms with Gasteiger partial charge in [-0.1, -0.05) is 48.8 Å². The van der Waals surface area contributed by atoms with E-state index < -0.39 is 0 Å². The number of aliphatic imine (C=N–C) groups is 2. The zero-order valence-electron chi connectivity index (χ0n) is 23.5. The summed E-state index contributed by atoms with van der Waals surface area (Å²) in [5.74, 6) is 1.24. The highest BCUT2D eigenvalue weighted by atomic mass is 19.1. The molecule has 1 saturated carbocycles. The van der Waals surface area contributed by atoms with E-state index in [1.54, 1.807) is 24.4 Å². The van der Waals surface area contributed by atoms with Crippen molar-refractivity contribution in [3.63, 3.8) is 0 Å². The number of nitrogens with zero attached hydrogens (tertiary/aromatic N) is 5. The Morgan fingerprint density at radius 2 is 1.95 bits per heavy atom. The first kappa shape index (κ1) is 28.0. The largest absolute Gasteiger partial charge is 0.335 e. The molecular weight excluding hydrogens is 515 g/mol. The maximum absolute atomic E-state index is 14.7. The number of benzene rings is 1. The number of allylic oxidation sites excluding steroid dienone is 3. The van der Waals surface area contributed by atoms with E-state index in [-0.39, 0.29) is 5.82 Å². The van der Waals surface area contributed by atoms with Crippen LogP contribution in [0.25, 0.3) is 33.7 Å². The van der Waals surface area contributed by atoms with Crippen molar-refractivity contribution in [2.75, 3.05) is 13.1 Å². The molecule has 0 atom stereocenters. The Morgan fingerprint density at radius 3 is 2.68 bits per heavy atom. The molecule has 1 aliphatic rings. The van der Waals surface area contributed by atoms with E-state index in [2.05, 4.69) is 61.9 Å². The molecule has 0 aliphatic heterocycles. The van der Waals surface area contributed by atoms with Crippen LogP contribution in [-0.2, 0) is 0 Å². The number of H-pyrrole nitrogens is 2. The molecule has 210 valence electrons. The normalized spacial score (nSPS) is 15.1. The molecule has 1 aromatic carbocycles. The van der Waals surface area contributed by atoms with Crippen LogP contribution in [-0.4, -0.2) is 51.7 Å². The van der Waals surface area contributed by atoms with E-state index in [0.717, 1.165) is 35.8 Å². The van der Waals surface area contributed by atoms with E-state index in [0.29, 0.717) is 39.7 Å². The van der Waals surface area contributed by atoms with Gasteiger partial charge in [0, 0.05) is 29.5 Å². The third-order valence-corrected chi connectivity index (χ3v) is 7.43. The molecular formula is C32H35FN8. The summed E-state index contributed by atoms with van der Waals surface area (Å²) in [5, 5.41) is 11.1. The number of aromatic nitrogens is 5. The first-order valence-corrected chi connectivity index (χ1v) is 13.9. The molecule has 41 heavy (non-hydrogen) atoms.